The van der Waals surface area contributed by atoms with Gasteiger partial charge in [-0.1, -0.05) is 54.1 Å². The molecule has 2 rings (SSSR count). The number of nitrogens with one attached hydrogen (secondary N) is 2. The van der Waals surface area contributed by atoms with E-state index in [1.165, 1.54) is 16.7 Å². The van der Waals surface area contributed by atoms with Gasteiger partial charge in [-0.3, -0.25) is 0 Å². The molecule has 0 bridgehead atoms. The second-order valence-electron chi connectivity index (χ2n) is 6.27. The first-order chi connectivity index (χ1) is 12.1. The highest BCUT2D eigenvalue weighted by atomic mass is 127. The standard InChI is InChI=1S/C21H29N3O.HI/c1-4-22-21(24-15-19-11-10-16(2)14-17(19)3)23-13-12-20(25)18-8-6-5-7-9-18;/h5-11,14,20,25H,4,12-13,15H2,1-3H3,(H2,22,23,24);1H. The summed E-state index contributed by atoms with van der Waals surface area (Å²) in [6.45, 7) is 8.38. The number of guanidine groups is 1. The summed E-state index contributed by atoms with van der Waals surface area (Å²) in [6.07, 6.45) is 0.175. The molecule has 0 spiro atoms. The number of halogens is 1. The molecule has 26 heavy (non-hydrogen) atoms. The summed E-state index contributed by atoms with van der Waals surface area (Å²) < 4.78 is 0. The molecule has 0 aromatic heterocycles. The zero-order chi connectivity index (χ0) is 18.1. The van der Waals surface area contributed by atoms with Gasteiger partial charge in [0.25, 0.3) is 0 Å². The van der Waals surface area contributed by atoms with Gasteiger partial charge in [-0.15, -0.1) is 24.0 Å². The van der Waals surface area contributed by atoms with Crippen LogP contribution in [0.2, 0.25) is 0 Å². The molecule has 0 amide bonds. The molecule has 0 saturated heterocycles. The van der Waals surface area contributed by atoms with E-state index in [-0.39, 0.29) is 24.0 Å². The molecule has 3 N–H and O–H groups in total. The molecular weight excluding hydrogens is 437 g/mol. The molecule has 5 heteroatoms. The maximum absolute atomic E-state index is 10.2. The monoisotopic (exact) mass is 467 g/mol. The van der Waals surface area contributed by atoms with Gasteiger partial charge in [0.15, 0.2) is 5.96 Å². The van der Waals surface area contributed by atoms with Crippen LogP contribution < -0.4 is 10.6 Å². The summed E-state index contributed by atoms with van der Waals surface area (Å²) in [4.78, 5) is 4.66. The molecule has 0 fully saturated rings. The van der Waals surface area contributed by atoms with E-state index in [1.807, 2.05) is 37.3 Å². The minimum absolute atomic E-state index is 0. The van der Waals surface area contributed by atoms with Crippen LogP contribution in [-0.4, -0.2) is 24.2 Å². The minimum Gasteiger partial charge on any atom is -0.388 e. The van der Waals surface area contributed by atoms with E-state index >= 15 is 0 Å². The summed E-state index contributed by atoms with van der Waals surface area (Å²) in [7, 11) is 0. The zero-order valence-corrected chi connectivity index (χ0v) is 18.2. The Hall–Kier alpha value is -1.60. The molecule has 0 radical (unpaired) electrons. The molecule has 0 aliphatic heterocycles. The number of aliphatic hydroxyl groups is 1. The van der Waals surface area contributed by atoms with Crippen molar-refractivity contribution in [3.8, 4) is 0 Å². The second kappa shape index (κ2) is 11.9. The van der Waals surface area contributed by atoms with Crippen LogP contribution in [0.25, 0.3) is 0 Å². The lowest BCUT2D eigenvalue weighted by molar-refractivity contribution is 0.168. The van der Waals surface area contributed by atoms with Gasteiger partial charge >= 0.3 is 0 Å². The zero-order valence-electron chi connectivity index (χ0n) is 15.8. The summed E-state index contributed by atoms with van der Waals surface area (Å²) in [5, 5.41) is 16.8. The van der Waals surface area contributed by atoms with E-state index in [2.05, 4.69) is 47.7 Å². The number of aryl methyl sites for hydroxylation is 2. The summed E-state index contributed by atoms with van der Waals surface area (Å²) in [5.41, 5.74) is 4.71. The van der Waals surface area contributed by atoms with Crippen LogP contribution in [0.4, 0.5) is 0 Å². The summed E-state index contributed by atoms with van der Waals surface area (Å²) in [6, 6.07) is 16.2. The first kappa shape index (κ1) is 22.4. The second-order valence-corrected chi connectivity index (χ2v) is 6.27. The Labute approximate surface area is 174 Å². The number of benzene rings is 2. The Bertz CT molecular complexity index is 689. The Kier molecular flexibility index (Phi) is 10.3. The minimum atomic E-state index is -0.462. The van der Waals surface area contributed by atoms with E-state index in [0.29, 0.717) is 19.5 Å². The van der Waals surface area contributed by atoms with Gasteiger partial charge in [0.2, 0.25) is 0 Å². The molecule has 0 saturated carbocycles. The van der Waals surface area contributed by atoms with Crippen LogP contribution in [0.1, 0.15) is 41.7 Å². The van der Waals surface area contributed by atoms with Crippen LogP contribution in [0.3, 0.4) is 0 Å². The third-order valence-electron chi connectivity index (χ3n) is 4.14. The Morgan fingerprint density at radius 3 is 2.46 bits per heavy atom. The quantitative estimate of drug-likeness (QED) is 0.327. The van der Waals surface area contributed by atoms with Gasteiger partial charge in [0, 0.05) is 13.1 Å². The molecule has 2 aromatic rings. The number of rotatable bonds is 7. The number of nitrogens with zero attached hydrogens (tertiary/aromatic N) is 1. The fourth-order valence-electron chi connectivity index (χ4n) is 2.70. The number of hydrogen-bond acceptors (Lipinski definition) is 2. The third-order valence-corrected chi connectivity index (χ3v) is 4.14. The number of hydrogen-bond donors (Lipinski definition) is 3. The average molecular weight is 467 g/mol. The fraction of sp³-hybridized carbons (Fsp3) is 0.381. The maximum Gasteiger partial charge on any atom is 0.191 e. The largest absolute Gasteiger partial charge is 0.388 e. The average Bonchev–Trinajstić information content (AvgIpc) is 2.61. The lowest BCUT2D eigenvalue weighted by Crippen LogP contribution is -2.38. The van der Waals surface area contributed by atoms with Crippen molar-refractivity contribution in [1.82, 2.24) is 10.6 Å². The molecule has 0 heterocycles. The molecule has 1 unspecified atom stereocenters. The van der Waals surface area contributed by atoms with Crippen molar-refractivity contribution < 1.29 is 5.11 Å². The highest BCUT2D eigenvalue weighted by Crippen LogP contribution is 2.15. The SMILES string of the molecule is CCNC(=NCc1ccc(C)cc1C)NCCC(O)c1ccccc1.I. The molecule has 142 valence electrons. The van der Waals surface area contributed by atoms with Crippen LogP contribution >= 0.6 is 24.0 Å². The highest BCUT2D eigenvalue weighted by molar-refractivity contribution is 14.0. The van der Waals surface area contributed by atoms with Crippen molar-refractivity contribution in [1.29, 1.82) is 0 Å². The maximum atomic E-state index is 10.2. The van der Waals surface area contributed by atoms with E-state index in [1.54, 1.807) is 0 Å². The Balaban J connectivity index is 0.00000338. The van der Waals surface area contributed by atoms with E-state index < -0.39 is 6.10 Å². The smallest absolute Gasteiger partial charge is 0.191 e. The third kappa shape index (κ3) is 7.33. The molecule has 0 aliphatic carbocycles. The predicted molar refractivity (Wildman–Crippen MR) is 120 cm³/mol. The normalized spacial score (nSPS) is 12.2. The van der Waals surface area contributed by atoms with Gasteiger partial charge < -0.3 is 15.7 Å². The van der Waals surface area contributed by atoms with Gasteiger partial charge in [0.1, 0.15) is 0 Å². The van der Waals surface area contributed by atoms with Gasteiger partial charge in [-0.2, -0.15) is 0 Å². The molecular formula is C21H30IN3O. The summed E-state index contributed by atoms with van der Waals surface area (Å²) in [5.74, 6) is 0.780. The fourth-order valence-corrected chi connectivity index (χ4v) is 2.70. The van der Waals surface area contributed by atoms with Crippen LogP contribution in [0.5, 0.6) is 0 Å². The first-order valence-corrected chi connectivity index (χ1v) is 8.91. The van der Waals surface area contributed by atoms with Crippen molar-refractivity contribution in [2.24, 2.45) is 4.99 Å². The molecule has 1 atom stereocenters. The van der Waals surface area contributed by atoms with Gasteiger partial charge in [0.05, 0.1) is 12.6 Å². The Morgan fingerprint density at radius 2 is 1.81 bits per heavy atom. The lowest BCUT2D eigenvalue weighted by atomic mass is 10.1. The topological polar surface area (TPSA) is 56.7 Å². The van der Waals surface area contributed by atoms with Crippen molar-refractivity contribution in [2.45, 2.75) is 39.8 Å². The highest BCUT2D eigenvalue weighted by Gasteiger charge is 2.07. The van der Waals surface area contributed by atoms with Crippen LogP contribution in [-0.2, 0) is 6.54 Å². The van der Waals surface area contributed by atoms with E-state index in [4.69, 9.17) is 0 Å². The van der Waals surface area contributed by atoms with E-state index in [0.717, 1.165) is 18.1 Å². The van der Waals surface area contributed by atoms with Gasteiger partial charge in [-0.25, -0.2) is 4.99 Å². The molecule has 2 aromatic carbocycles. The number of aliphatic imine (C=N–C) groups is 1. The molecule has 0 aliphatic rings. The number of aliphatic hydroxyl groups excluding tert-OH is 1. The van der Waals surface area contributed by atoms with Crippen molar-refractivity contribution in [3.05, 3.63) is 70.8 Å². The van der Waals surface area contributed by atoms with E-state index in [9.17, 15) is 5.11 Å². The summed E-state index contributed by atoms with van der Waals surface area (Å²) >= 11 is 0. The lowest BCUT2D eigenvalue weighted by Gasteiger charge is -2.14. The predicted octanol–water partition coefficient (Wildman–Crippen LogP) is 4.10. The van der Waals surface area contributed by atoms with Gasteiger partial charge in [-0.05, 0) is 43.9 Å². The molecule has 4 nitrogen and oxygen atoms in total. The Morgan fingerprint density at radius 1 is 1.08 bits per heavy atom. The van der Waals surface area contributed by atoms with Crippen molar-refractivity contribution in [2.75, 3.05) is 13.1 Å². The van der Waals surface area contributed by atoms with Crippen molar-refractivity contribution >= 4 is 29.9 Å². The van der Waals surface area contributed by atoms with Crippen molar-refractivity contribution in [3.63, 3.8) is 0 Å². The van der Waals surface area contributed by atoms with Crippen LogP contribution in [0.15, 0.2) is 53.5 Å². The first-order valence-electron chi connectivity index (χ1n) is 8.91. The van der Waals surface area contributed by atoms with Crippen LogP contribution in [0, 0.1) is 13.8 Å².